The maximum atomic E-state index is 14.2. The van der Waals surface area contributed by atoms with Crippen molar-refractivity contribution in [2.24, 2.45) is 17.3 Å². The Morgan fingerprint density at radius 2 is 1.02 bits per heavy atom. The second-order valence-corrected chi connectivity index (χ2v) is 32.7. The number of ether oxygens (including phenoxy) is 2. The van der Waals surface area contributed by atoms with Gasteiger partial charge in [-0.1, -0.05) is 242 Å². The molecule has 1 aliphatic rings. The van der Waals surface area contributed by atoms with Crippen LogP contribution in [0.1, 0.15) is 211 Å². The summed E-state index contributed by atoms with van der Waals surface area (Å²) in [5, 5.41) is 99.2. The Balaban J connectivity index is 0.000000437. The number of rotatable bonds is 51. The smallest absolute Gasteiger partial charge is 0.408 e. The first-order chi connectivity index (χ1) is 57.1. The molecule has 0 spiro atoms. The zero-order chi connectivity index (χ0) is 88.4. The zero-order valence-corrected chi connectivity index (χ0v) is 71.1. The number of hydrogen-bond donors (Lipinski definition) is 17. The van der Waals surface area contributed by atoms with Crippen molar-refractivity contribution in [3.8, 4) is 11.5 Å². The van der Waals surface area contributed by atoms with E-state index in [1.807, 2.05) is 118 Å². The summed E-state index contributed by atoms with van der Waals surface area (Å²) in [7, 11) is 1.58. The maximum Gasteiger partial charge on any atom is 0.408 e. The van der Waals surface area contributed by atoms with Crippen LogP contribution < -0.4 is 57.9 Å². The van der Waals surface area contributed by atoms with Gasteiger partial charge in [0.15, 0.2) is 0 Å². The Hall–Kier alpha value is -10.5. The number of phenolic OH excluding ortho intramolecular Hbond substituents is 1. The molecule has 0 unspecified atom stereocenters. The van der Waals surface area contributed by atoms with E-state index in [0.29, 0.717) is 24.2 Å². The Morgan fingerprint density at radius 3 is 1.57 bits per heavy atom. The molecular weight excluding hydrogens is 1540 g/mol. The lowest BCUT2D eigenvalue weighted by Crippen LogP contribution is -2.62. The van der Waals surface area contributed by atoms with Gasteiger partial charge in [-0.3, -0.25) is 48.5 Å². The zero-order valence-electron chi connectivity index (χ0n) is 71.1. The van der Waals surface area contributed by atoms with Crippen LogP contribution in [0, 0.1) is 17.3 Å². The number of carboxylic acids is 2. The van der Waals surface area contributed by atoms with E-state index in [9.17, 15) is 88.5 Å². The van der Waals surface area contributed by atoms with Gasteiger partial charge in [-0.25, -0.2) is 9.59 Å². The summed E-state index contributed by atoms with van der Waals surface area (Å²) in [5.74, 6) is -9.20. The Morgan fingerprint density at radius 1 is 0.508 bits per heavy atom. The van der Waals surface area contributed by atoms with Crippen molar-refractivity contribution in [3.63, 3.8) is 0 Å². The van der Waals surface area contributed by atoms with E-state index >= 15 is 0 Å². The number of unbranched alkanes of at least 4 members (excludes halogenated alkanes) is 12. The van der Waals surface area contributed by atoms with Crippen LogP contribution in [-0.2, 0) is 85.1 Å². The third kappa shape index (κ3) is 35.8. The van der Waals surface area contributed by atoms with Crippen molar-refractivity contribution in [3.05, 3.63) is 167 Å². The number of fused-ring (bicyclic) bond motifs is 1. The fourth-order valence-corrected chi connectivity index (χ4v) is 13.8. The number of aliphatic carboxylic acids is 2. The van der Waals surface area contributed by atoms with E-state index < -0.39 is 175 Å². The van der Waals surface area contributed by atoms with Gasteiger partial charge in [0, 0.05) is 32.2 Å². The van der Waals surface area contributed by atoms with Crippen LogP contribution in [0.5, 0.6) is 11.5 Å². The number of alkyl carbamates (subject to hydrolysis) is 1. The first kappa shape index (κ1) is 100. The minimum atomic E-state index is -1.70. The lowest BCUT2D eigenvalue weighted by Gasteiger charge is -2.35. The number of amides is 9. The fraction of sp³-hybridized carbons (Fsp3) is 0.544. The van der Waals surface area contributed by atoms with Crippen molar-refractivity contribution < 1.29 is 98.0 Å². The van der Waals surface area contributed by atoms with Crippen LogP contribution in [-0.4, -0.2) is 187 Å². The number of aliphatic hydroxyl groups is 4. The molecule has 5 aromatic carbocycles. The SMILES string of the molecule is CCCCCCCCCCCCCCCC(=O)N[C@H](C(=O)N[C@H](C(=O)N[C@@H](CO)C(=O)N[C@@H](Cc1ccc(O)cc1)C(=O)N[C@@H](CCC(=O)O)C(=O)N[C@@H](CC(C)C)C(=O)O)C(C)C)[C@@H](C)O.COc1ccc(CN[C@@H](C(=O)N[C@H]2c3ccccc3C[C@H]2O)[C@H](O)[C@H](Cc2ccccc2)NC(=O)[C@@H](NC(=O)OCc2ccccc2)C(C)(C)C)cc1. The summed E-state index contributed by atoms with van der Waals surface area (Å²) in [6, 6.07) is 26.1. The molecule has 0 aromatic heterocycles. The lowest BCUT2D eigenvalue weighted by atomic mass is 9.85. The highest BCUT2D eigenvalue weighted by molar-refractivity contribution is 5.97. The molecule has 0 fully saturated rings. The highest BCUT2D eigenvalue weighted by Crippen LogP contribution is 2.32. The quantitative estimate of drug-likeness (QED) is 0.0166. The van der Waals surface area contributed by atoms with E-state index in [4.69, 9.17) is 9.47 Å². The monoisotopic (exact) mass is 1670 g/mol. The molecule has 660 valence electrons. The number of phenols is 1. The molecule has 17 N–H and O–H groups in total. The molecule has 0 saturated carbocycles. The van der Waals surface area contributed by atoms with Gasteiger partial charge in [0.05, 0.1) is 44.1 Å². The topological polar surface area (TPSA) is 468 Å². The summed E-state index contributed by atoms with van der Waals surface area (Å²) in [6.45, 7) is 14.9. The van der Waals surface area contributed by atoms with Gasteiger partial charge in [-0.15, -0.1) is 0 Å². The summed E-state index contributed by atoms with van der Waals surface area (Å²) in [5.41, 5.74) is 3.84. The first-order valence-corrected chi connectivity index (χ1v) is 41.9. The van der Waals surface area contributed by atoms with E-state index in [2.05, 4.69) is 60.1 Å². The van der Waals surface area contributed by atoms with E-state index in [0.717, 1.165) is 53.5 Å². The molecule has 0 bridgehead atoms. The third-order valence-corrected chi connectivity index (χ3v) is 20.7. The van der Waals surface area contributed by atoms with E-state index in [-0.39, 0.29) is 50.5 Å². The predicted molar refractivity (Wildman–Crippen MR) is 453 cm³/mol. The molecule has 5 aromatic rings. The summed E-state index contributed by atoms with van der Waals surface area (Å²) in [6.07, 6.45) is 9.81. The predicted octanol–water partition coefficient (Wildman–Crippen LogP) is 7.71. The molecule has 9 amide bonds. The van der Waals surface area contributed by atoms with E-state index in [1.54, 1.807) is 46.9 Å². The minimum absolute atomic E-state index is 0.0251. The van der Waals surface area contributed by atoms with Crippen molar-refractivity contribution in [1.82, 2.24) is 53.2 Å². The molecule has 13 atom stereocenters. The lowest BCUT2D eigenvalue weighted by molar-refractivity contribution is -0.143. The summed E-state index contributed by atoms with van der Waals surface area (Å²) >= 11 is 0. The van der Waals surface area contributed by atoms with Gasteiger partial charge in [0.2, 0.25) is 47.3 Å². The molecular formula is C90H130N10O20. The second kappa shape index (κ2) is 52.5. The second-order valence-electron chi connectivity index (χ2n) is 32.7. The van der Waals surface area contributed by atoms with E-state index in [1.165, 1.54) is 82.6 Å². The van der Waals surface area contributed by atoms with Crippen LogP contribution >= 0.6 is 0 Å². The van der Waals surface area contributed by atoms with Crippen LogP contribution in [0.25, 0.3) is 0 Å². The fourth-order valence-electron chi connectivity index (χ4n) is 13.8. The first-order valence-electron chi connectivity index (χ1n) is 41.9. The molecule has 0 radical (unpaired) electrons. The number of carboxylic acid groups (broad SMARTS) is 2. The molecule has 30 nitrogen and oxygen atoms in total. The number of carbonyl (C=O) groups excluding carboxylic acids is 9. The average molecular weight is 1670 g/mol. The van der Waals surface area contributed by atoms with Crippen LogP contribution in [0.4, 0.5) is 4.79 Å². The molecule has 0 saturated heterocycles. The number of aliphatic hydroxyl groups excluding tert-OH is 4. The number of aromatic hydroxyl groups is 1. The van der Waals surface area contributed by atoms with Crippen molar-refractivity contribution in [2.75, 3.05) is 13.7 Å². The van der Waals surface area contributed by atoms with Gasteiger partial charge in [-0.2, -0.15) is 0 Å². The number of nitrogens with one attached hydrogen (secondary N) is 10. The number of carbonyl (C=O) groups is 11. The van der Waals surface area contributed by atoms with Crippen LogP contribution in [0.15, 0.2) is 133 Å². The van der Waals surface area contributed by atoms with Crippen molar-refractivity contribution in [2.45, 2.75) is 283 Å². The molecule has 30 heteroatoms. The van der Waals surface area contributed by atoms with Gasteiger partial charge in [0.25, 0.3) is 0 Å². The normalized spacial score (nSPS) is 15.7. The number of benzene rings is 5. The van der Waals surface area contributed by atoms with Crippen LogP contribution in [0.3, 0.4) is 0 Å². The van der Waals surface area contributed by atoms with Crippen LogP contribution in [0.2, 0.25) is 0 Å². The van der Waals surface area contributed by atoms with Gasteiger partial charge >= 0.3 is 18.0 Å². The van der Waals surface area contributed by atoms with Gasteiger partial charge in [0.1, 0.15) is 66.4 Å². The molecule has 0 heterocycles. The summed E-state index contributed by atoms with van der Waals surface area (Å²) in [4.78, 5) is 146. The Kier molecular flexibility index (Phi) is 43.8. The Labute approximate surface area is 705 Å². The molecule has 120 heavy (non-hydrogen) atoms. The molecule has 1 aliphatic carbocycles. The Bertz CT molecular complexity index is 4000. The number of hydrogen-bond acceptors (Lipinski definition) is 19. The number of methoxy groups -OCH3 is 1. The van der Waals surface area contributed by atoms with Crippen molar-refractivity contribution in [1.29, 1.82) is 0 Å². The molecule has 6 rings (SSSR count). The average Bonchev–Trinajstić information content (AvgIpc) is 1.63. The van der Waals surface area contributed by atoms with Crippen molar-refractivity contribution >= 4 is 65.3 Å². The van der Waals surface area contributed by atoms with Gasteiger partial charge in [-0.05, 0) is 108 Å². The summed E-state index contributed by atoms with van der Waals surface area (Å²) < 4.78 is 10.7. The minimum Gasteiger partial charge on any atom is -0.508 e. The largest absolute Gasteiger partial charge is 0.508 e. The third-order valence-electron chi connectivity index (χ3n) is 20.7. The highest BCUT2D eigenvalue weighted by Gasteiger charge is 2.42. The molecule has 0 aliphatic heterocycles. The standard InChI is InChI=1S/C48H80N6O13.C42H50N4O7/c1-7-8-9-10-11-12-13-14-15-16-17-18-19-20-39(58)53-42(32(6)56)47(65)54-41(31(4)5)46(64)52-38(29-55)45(63)50-36(28-33-21-23-34(57)24-22-33)44(62)49-35(25-26-40(59)60)43(61)51-37(48(66)67)27-30(2)3;1-42(2,3)38(46-41(51)53-26-29-15-9-6-10-16-29)40(50)44-33(23-27-13-7-5-8-14-27)37(48)36(43-25-28-19-21-31(52-4)22-20-28)39(49)45-35-32-18-12-11-17-30(32)24-34(35)47/h21-24,30-32,35-38,41-42,55-57H,7-20,25-29H2,1-6H3,(H,49,62)(H,50,63)(H,51,61)(H,52,64)(H,53,58)(H,54,65)(H,59,60)(H,66,67);5-22,33-38,43,47-48H,23-26H2,1-4H3,(H,44,50)(H,45,49)(H,46,51)/t32-,35+,36+,37+,38+,41+,42+;33-,34+,35-,36+,37+,38+/m10/s1. The highest BCUT2D eigenvalue weighted by atomic mass is 16.5. The maximum absolute atomic E-state index is 14.2. The van der Waals surface area contributed by atoms with Gasteiger partial charge < -0.3 is 93.1 Å².